The largest absolute Gasteiger partial charge is 0.505 e. The number of benzene rings is 1. The second kappa shape index (κ2) is 6.56. The van der Waals surface area contributed by atoms with E-state index in [1.165, 1.54) is 17.0 Å². The van der Waals surface area contributed by atoms with Gasteiger partial charge in [0.15, 0.2) is 5.75 Å². The van der Waals surface area contributed by atoms with Crippen LogP contribution in [0.15, 0.2) is 27.8 Å². The summed E-state index contributed by atoms with van der Waals surface area (Å²) in [5, 5.41) is 25.1. The number of carbonyl (C=O) groups excluding carboxylic acids is 1. The molecule has 0 aliphatic rings. The molecule has 0 radical (unpaired) electrons. The van der Waals surface area contributed by atoms with E-state index in [2.05, 4.69) is 10.6 Å². The Labute approximate surface area is 147 Å². The zero-order chi connectivity index (χ0) is 18.9. The van der Waals surface area contributed by atoms with Crippen molar-refractivity contribution in [2.75, 3.05) is 31.3 Å². The predicted molar refractivity (Wildman–Crippen MR) is 99.8 cm³/mol. The molecule has 0 aliphatic carbocycles. The van der Waals surface area contributed by atoms with Gasteiger partial charge in [-0.3, -0.25) is 14.4 Å². The van der Waals surface area contributed by atoms with Crippen LogP contribution >= 0.6 is 0 Å². The third-order valence-electron chi connectivity index (χ3n) is 3.70. The van der Waals surface area contributed by atoms with Crippen LogP contribution in [0.3, 0.4) is 0 Å². The summed E-state index contributed by atoms with van der Waals surface area (Å²) in [4.78, 5) is 37.0. The fourth-order valence-corrected chi connectivity index (χ4v) is 2.20. The number of aliphatic hydroxyl groups is 1. The van der Waals surface area contributed by atoms with Crippen LogP contribution in [0.2, 0.25) is 0 Å². The molecule has 25 heavy (non-hydrogen) atoms. The van der Waals surface area contributed by atoms with E-state index in [0.717, 1.165) is 0 Å². The molecule has 0 saturated carbocycles. The Bertz CT molecular complexity index is 889. The molecule has 1 amide bonds. The van der Waals surface area contributed by atoms with Crippen LogP contribution in [-0.2, 0) is 0 Å². The second-order valence-electron chi connectivity index (χ2n) is 6.60. The van der Waals surface area contributed by atoms with E-state index in [1.807, 2.05) is 0 Å². The zero-order valence-corrected chi connectivity index (χ0v) is 14.5. The number of aromatic hydroxyl groups is 1. The van der Waals surface area contributed by atoms with Gasteiger partial charge in [-0.05, 0) is 26.0 Å². The number of hydrogen-bond acceptors (Lipinski definition) is 7. The van der Waals surface area contributed by atoms with Crippen LogP contribution in [0.4, 0.5) is 17.1 Å². The maximum Gasteiger partial charge on any atom is 0.257 e. The van der Waals surface area contributed by atoms with Gasteiger partial charge >= 0.3 is 0 Å². The van der Waals surface area contributed by atoms with Crippen LogP contribution in [0.1, 0.15) is 27.1 Å². The number of phenolic OH excluding ortho intramolecular Hbond substituents is 1. The van der Waals surface area contributed by atoms with Crippen LogP contribution in [0.25, 0.3) is 0 Å². The molecule has 0 spiro atoms. The van der Waals surface area contributed by atoms with Gasteiger partial charge in [-0.1, -0.05) is 6.07 Å². The van der Waals surface area contributed by atoms with Gasteiger partial charge in [0, 0.05) is 16.9 Å². The number of amides is 1. The summed E-state index contributed by atoms with van der Waals surface area (Å²) in [6.07, 6.45) is 0. The van der Waals surface area contributed by atoms with Crippen molar-refractivity contribution in [1.82, 2.24) is 4.90 Å². The number of hydrogen-bond donors (Lipinski definition) is 4. The van der Waals surface area contributed by atoms with Crippen LogP contribution in [0, 0.1) is 0 Å². The number of aliphatic hydroxyl groups excluding tert-OH is 1. The first kappa shape index (κ1) is 18.5. The number of phenols is 1. The Morgan fingerprint density at radius 3 is 2.36 bits per heavy atom. The van der Waals surface area contributed by atoms with E-state index < -0.39 is 22.3 Å². The first-order chi connectivity index (χ1) is 11.6. The number of anilines is 3. The molecule has 0 unspecified atom stereocenters. The lowest BCUT2D eigenvalue weighted by Crippen LogP contribution is -2.44. The monoisotopic (exact) mass is 351 g/mol. The SMILES string of the molecule is CN(C)C(=O)c1cccc(Nc2c(NC(C)(C)CO)c(=O)c2=O)c1O.[HH].[HH]. The fraction of sp³-hybridized carbons (Fsp3) is 0.353. The number of nitrogens with zero attached hydrogens (tertiary/aromatic N) is 1. The predicted octanol–water partition coefficient (Wildman–Crippen LogP) is 1.11. The van der Waals surface area contributed by atoms with E-state index >= 15 is 0 Å². The number of para-hydroxylation sites is 1. The van der Waals surface area contributed by atoms with Gasteiger partial charge < -0.3 is 25.7 Å². The van der Waals surface area contributed by atoms with Gasteiger partial charge in [0.1, 0.15) is 11.4 Å². The van der Waals surface area contributed by atoms with Gasteiger partial charge in [-0.25, -0.2) is 0 Å². The summed E-state index contributed by atoms with van der Waals surface area (Å²) < 4.78 is 0. The highest BCUT2D eigenvalue weighted by atomic mass is 16.3. The maximum atomic E-state index is 12.1. The first-order valence-electron chi connectivity index (χ1n) is 7.62. The summed E-state index contributed by atoms with van der Waals surface area (Å²) >= 11 is 0. The minimum absolute atomic E-state index is 0. The highest BCUT2D eigenvalue weighted by molar-refractivity contribution is 5.99. The molecule has 0 aromatic heterocycles. The summed E-state index contributed by atoms with van der Waals surface area (Å²) in [6.45, 7) is 3.09. The summed E-state index contributed by atoms with van der Waals surface area (Å²) in [6, 6.07) is 4.49. The normalized spacial score (nSPS) is 11.4. The molecule has 2 aromatic carbocycles. The standard InChI is InChI=1S/C17H21N3O5.2H2/c1-17(2,8-21)19-12-11(14(23)15(12)24)18-10-7-5-6-9(13(10)22)16(25)20(3)4;;/h5-7,18-19,21-22H,8H2,1-4H3;2*1H. The molecule has 138 valence electrons. The fourth-order valence-electron chi connectivity index (χ4n) is 2.20. The molecular formula is C17H25N3O5. The summed E-state index contributed by atoms with van der Waals surface area (Å²) in [7, 11) is 3.11. The molecule has 0 saturated heterocycles. The first-order valence-corrected chi connectivity index (χ1v) is 7.62. The third-order valence-corrected chi connectivity index (χ3v) is 3.70. The van der Waals surface area contributed by atoms with Crippen molar-refractivity contribution < 1.29 is 17.9 Å². The summed E-state index contributed by atoms with van der Waals surface area (Å²) in [5.41, 5.74) is -2.03. The number of rotatable bonds is 6. The molecule has 0 heterocycles. The number of carbonyl (C=O) groups is 1. The lowest BCUT2D eigenvalue weighted by atomic mass is 10.0. The van der Waals surface area contributed by atoms with E-state index in [9.17, 15) is 24.6 Å². The lowest BCUT2D eigenvalue weighted by molar-refractivity contribution is 0.0824. The van der Waals surface area contributed by atoms with Crippen molar-refractivity contribution >= 4 is 23.0 Å². The molecule has 0 fully saturated rings. The molecular weight excluding hydrogens is 326 g/mol. The summed E-state index contributed by atoms with van der Waals surface area (Å²) in [5.74, 6) is -0.715. The average Bonchev–Trinajstić information content (AvgIpc) is 2.58. The Balaban J connectivity index is 0.00000338. The van der Waals surface area contributed by atoms with Crippen molar-refractivity contribution in [2.45, 2.75) is 19.4 Å². The van der Waals surface area contributed by atoms with Gasteiger partial charge in [0.2, 0.25) is 0 Å². The average molecular weight is 351 g/mol. The van der Waals surface area contributed by atoms with Crippen LogP contribution < -0.4 is 21.5 Å². The topological polar surface area (TPSA) is 119 Å². The highest BCUT2D eigenvalue weighted by Gasteiger charge is 2.27. The Morgan fingerprint density at radius 2 is 1.80 bits per heavy atom. The molecule has 2 aromatic rings. The maximum absolute atomic E-state index is 12.1. The van der Waals surface area contributed by atoms with E-state index in [0.29, 0.717) is 0 Å². The van der Waals surface area contributed by atoms with E-state index in [4.69, 9.17) is 0 Å². The molecule has 2 rings (SSSR count). The Kier molecular flexibility index (Phi) is 4.85. The molecule has 0 bridgehead atoms. The van der Waals surface area contributed by atoms with Crippen molar-refractivity contribution in [2.24, 2.45) is 0 Å². The van der Waals surface area contributed by atoms with Crippen molar-refractivity contribution in [3.8, 4) is 5.75 Å². The quantitative estimate of drug-likeness (QED) is 0.455. The molecule has 0 atom stereocenters. The van der Waals surface area contributed by atoms with Crippen molar-refractivity contribution in [3.05, 3.63) is 44.2 Å². The third kappa shape index (κ3) is 3.48. The van der Waals surface area contributed by atoms with Crippen molar-refractivity contribution in [1.29, 1.82) is 0 Å². The minimum atomic E-state index is -0.802. The minimum Gasteiger partial charge on any atom is -0.505 e. The highest BCUT2D eigenvalue weighted by Crippen LogP contribution is 2.32. The molecule has 8 heteroatoms. The molecule has 4 N–H and O–H groups in total. The van der Waals surface area contributed by atoms with Crippen LogP contribution in [-0.4, -0.2) is 47.3 Å². The Morgan fingerprint density at radius 1 is 1.20 bits per heavy atom. The molecule has 0 aliphatic heterocycles. The van der Waals surface area contributed by atoms with E-state index in [-0.39, 0.29) is 37.8 Å². The lowest BCUT2D eigenvalue weighted by Gasteiger charge is -2.27. The zero-order valence-electron chi connectivity index (χ0n) is 14.5. The Hall–Kier alpha value is -2.87. The van der Waals surface area contributed by atoms with Gasteiger partial charge in [0.05, 0.1) is 23.4 Å². The van der Waals surface area contributed by atoms with Gasteiger partial charge in [-0.15, -0.1) is 0 Å². The van der Waals surface area contributed by atoms with Gasteiger partial charge in [-0.2, -0.15) is 0 Å². The van der Waals surface area contributed by atoms with Crippen LogP contribution in [0.5, 0.6) is 5.75 Å². The second-order valence-corrected chi connectivity index (χ2v) is 6.60. The van der Waals surface area contributed by atoms with Gasteiger partial charge in [0.25, 0.3) is 16.8 Å². The number of nitrogens with one attached hydrogen (secondary N) is 2. The van der Waals surface area contributed by atoms with E-state index in [1.54, 1.807) is 34.0 Å². The smallest absolute Gasteiger partial charge is 0.257 e. The van der Waals surface area contributed by atoms with Crippen molar-refractivity contribution in [3.63, 3.8) is 0 Å². The molecule has 8 nitrogen and oxygen atoms in total.